The molecule has 6 nitrogen and oxygen atoms in total. The number of carbonyl (C=O) groups excluding carboxylic acids is 1. The van der Waals surface area contributed by atoms with Crippen molar-refractivity contribution in [3.05, 3.63) is 88.5 Å². The van der Waals surface area contributed by atoms with Crippen LogP contribution in [-0.2, 0) is 11.3 Å². The number of amides is 1. The Morgan fingerprint density at radius 2 is 1.85 bits per heavy atom. The second-order valence-electron chi connectivity index (χ2n) is 10.7. The summed E-state index contributed by atoms with van der Waals surface area (Å²) >= 11 is 6.45. The number of halogens is 1. The summed E-state index contributed by atoms with van der Waals surface area (Å²) in [5.74, 6) is 0.857. The molecule has 7 heteroatoms. The molecule has 0 radical (unpaired) electrons. The SMILES string of the molecule is CCCCC1=C(c2cc(Cl)ccc2C)CCN(C(=O)OCC)C1c1ccc(OCCCCCCn2ccnc2)cc1. The quantitative estimate of drug-likeness (QED) is 0.179. The summed E-state index contributed by atoms with van der Waals surface area (Å²) in [6, 6.07) is 14.2. The van der Waals surface area contributed by atoms with Gasteiger partial charge in [-0.05, 0) is 98.1 Å². The van der Waals surface area contributed by atoms with Crippen LogP contribution in [0.25, 0.3) is 5.57 Å². The summed E-state index contributed by atoms with van der Waals surface area (Å²) in [4.78, 5) is 19.2. The van der Waals surface area contributed by atoms with Crippen LogP contribution in [0.4, 0.5) is 4.79 Å². The smallest absolute Gasteiger partial charge is 0.410 e. The molecule has 220 valence electrons. The van der Waals surface area contributed by atoms with Crippen LogP contribution < -0.4 is 4.74 Å². The zero-order chi connectivity index (χ0) is 29.0. The average Bonchev–Trinajstić information content (AvgIpc) is 3.50. The van der Waals surface area contributed by atoms with Crippen molar-refractivity contribution in [1.82, 2.24) is 14.5 Å². The van der Waals surface area contributed by atoms with Crippen LogP contribution in [0.1, 0.15) is 87.9 Å². The van der Waals surface area contributed by atoms with Crippen molar-refractivity contribution in [3.8, 4) is 5.75 Å². The lowest BCUT2D eigenvalue weighted by molar-refractivity contribution is 0.0939. The number of ether oxygens (including phenoxy) is 2. The van der Waals surface area contributed by atoms with Gasteiger partial charge in [0.1, 0.15) is 5.75 Å². The molecule has 2 heterocycles. The monoisotopic (exact) mass is 577 g/mol. The maximum atomic E-state index is 13.2. The topological polar surface area (TPSA) is 56.6 Å². The number of aryl methyl sites for hydroxylation is 2. The number of nitrogens with zero attached hydrogens (tertiary/aromatic N) is 3. The first kappa shape index (κ1) is 30.7. The molecule has 0 bridgehead atoms. The molecule has 0 saturated carbocycles. The van der Waals surface area contributed by atoms with E-state index in [2.05, 4.69) is 47.7 Å². The van der Waals surface area contributed by atoms with Gasteiger partial charge in [0, 0.05) is 30.5 Å². The highest BCUT2D eigenvalue weighted by molar-refractivity contribution is 6.30. The van der Waals surface area contributed by atoms with E-state index in [9.17, 15) is 4.79 Å². The van der Waals surface area contributed by atoms with Crippen molar-refractivity contribution >= 4 is 23.3 Å². The first-order chi connectivity index (χ1) is 20.0. The van der Waals surface area contributed by atoms with Crippen molar-refractivity contribution in [2.75, 3.05) is 19.8 Å². The maximum Gasteiger partial charge on any atom is 0.410 e. The number of carbonyl (C=O) groups is 1. The number of aromatic nitrogens is 2. The summed E-state index contributed by atoms with van der Waals surface area (Å²) in [6.45, 7) is 8.86. The molecular formula is C34H44ClN3O3. The molecule has 41 heavy (non-hydrogen) atoms. The molecule has 0 aliphatic carbocycles. The fraction of sp³-hybridized carbons (Fsp3) is 0.471. The van der Waals surface area contributed by atoms with E-state index in [1.807, 2.05) is 48.7 Å². The Labute approximate surface area is 250 Å². The summed E-state index contributed by atoms with van der Waals surface area (Å²) in [6.07, 6.45) is 13.7. The number of imidazole rings is 1. The van der Waals surface area contributed by atoms with Crippen LogP contribution in [0.3, 0.4) is 0 Å². The van der Waals surface area contributed by atoms with Gasteiger partial charge in [0.05, 0.1) is 25.6 Å². The highest BCUT2D eigenvalue weighted by Gasteiger charge is 2.35. The van der Waals surface area contributed by atoms with E-state index >= 15 is 0 Å². The second kappa shape index (κ2) is 15.7. The van der Waals surface area contributed by atoms with E-state index < -0.39 is 0 Å². The average molecular weight is 578 g/mol. The minimum atomic E-state index is -0.262. The molecule has 0 fully saturated rings. The van der Waals surface area contributed by atoms with Gasteiger partial charge in [-0.15, -0.1) is 0 Å². The lowest BCUT2D eigenvalue weighted by Gasteiger charge is -2.39. The Kier molecular flexibility index (Phi) is 11.7. The van der Waals surface area contributed by atoms with Crippen molar-refractivity contribution in [2.24, 2.45) is 0 Å². The van der Waals surface area contributed by atoms with Crippen LogP contribution in [0.15, 0.2) is 66.8 Å². The first-order valence-corrected chi connectivity index (χ1v) is 15.5. The van der Waals surface area contributed by atoms with Gasteiger partial charge in [-0.2, -0.15) is 0 Å². The second-order valence-corrected chi connectivity index (χ2v) is 11.2. The van der Waals surface area contributed by atoms with Gasteiger partial charge < -0.3 is 14.0 Å². The van der Waals surface area contributed by atoms with Crippen molar-refractivity contribution in [2.45, 2.75) is 84.7 Å². The lowest BCUT2D eigenvalue weighted by atomic mass is 9.81. The maximum absolute atomic E-state index is 13.2. The van der Waals surface area contributed by atoms with Crippen molar-refractivity contribution in [3.63, 3.8) is 0 Å². The molecule has 0 N–H and O–H groups in total. The van der Waals surface area contributed by atoms with Gasteiger partial charge >= 0.3 is 6.09 Å². The van der Waals surface area contributed by atoms with E-state index in [1.54, 1.807) is 0 Å². The molecule has 0 saturated heterocycles. The van der Waals surface area contributed by atoms with Gasteiger partial charge in [0.15, 0.2) is 0 Å². The molecule has 1 aliphatic rings. The van der Waals surface area contributed by atoms with Crippen LogP contribution in [0.2, 0.25) is 5.02 Å². The lowest BCUT2D eigenvalue weighted by Crippen LogP contribution is -2.40. The number of hydrogen-bond acceptors (Lipinski definition) is 4. The molecule has 4 rings (SSSR count). The van der Waals surface area contributed by atoms with Crippen LogP contribution in [-0.4, -0.2) is 40.3 Å². The standard InChI is InChI=1S/C34H44ClN3O3/c1-4-6-11-31-30(32-24-28(35)15-12-26(32)3)18-21-38(34(39)40-5-2)33(31)27-13-16-29(17-14-27)41-23-10-8-7-9-20-37-22-19-36-25-37/h12-17,19,22,24-25,33H,4-11,18,20-21,23H2,1-3H3. The summed E-state index contributed by atoms with van der Waals surface area (Å²) < 4.78 is 13.7. The van der Waals surface area contributed by atoms with Crippen molar-refractivity contribution in [1.29, 1.82) is 0 Å². The number of rotatable bonds is 14. The predicted molar refractivity (Wildman–Crippen MR) is 166 cm³/mol. The largest absolute Gasteiger partial charge is 0.494 e. The Morgan fingerprint density at radius 1 is 1.05 bits per heavy atom. The molecule has 3 aromatic rings. The Balaban J connectivity index is 1.49. The summed E-state index contributed by atoms with van der Waals surface area (Å²) in [5, 5.41) is 0.733. The molecule has 2 aromatic carbocycles. The third-order valence-corrected chi connectivity index (χ3v) is 8.03. The third kappa shape index (κ3) is 8.38. The van der Waals surface area contributed by atoms with Gasteiger partial charge in [-0.1, -0.05) is 56.0 Å². The van der Waals surface area contributed by atoms with Crippen molar-refractivity contribution < 1.29 is 14.3 Å². The van der Waals surface area contributed by atoms with Gasteiger partial charge in [0.2, 0.25) is 0 Å². The van der Waals surface area contributed by atoms with Gasteiger partial charge in [0.25, 0.3) is 0 Å². The van der Waals surface area contributed by atoms with E-state index in [1.165, 1.54) is 28.7 Å². The minimum Gasteiger partial charge on any atom is -0.494 e. The highest BCUT2D eigenvalue weighted by atomic mass is 35.5. The van der Waals surface area contributed by atoms with E-state index in [4.69, 9.17) is 21.1 Å². The van der Waals surface area contributed by atoms with Crippen LogP contribution in [0.5, 0.6) is 5.75 Å². The highest BCUT2D eigenvalue weighted by Crippen LogP contribution is 2.44. The van der Waals surface area contributed by atoms with Gasteiger partial charge in [-0.3, -0.25) is 4.90 Å². The minimum absolute atomic E-state index is 0.188. The van der Waals surface area contributed by atoms with Crippen LogP contribution >= 0.6 is 11.6 Å². The fourth-order valence-electron chi connectivity index (χ4n) is 5.65. The molecule has 1 aliphatic heterocycles. The molecule has 0 spiro atoms. The fourth-order valence-corrected chi connectivity index (χ4v) is 5.82. The zero-order valence-electron chi connectivity index (χ0n) is 24.8. The number of unbranched alkanes of at least 4 members (excludes halogenated alkanes) is 4. The predicted octanol–water partition coefficient (Wildman–Crippen LogP) is 9.03. The number of hydrogen-bond donors (Lipinski definition) is 0. The Bertz CT molecular complexity index is 1270. The molecule has 1 unspecified atom stereocenters. The zero-order valence-corrected chi connectivity index (χ0v) is 25.5. The number of benzene rings is 2. The Morgan fingerprint density at radius 3 is 2.59 bits per heavy atom. The van der Waals surface area contributed by atoms with E-state index in [-0.39, 0.29) is 12.1 Å². The summed E-state index contributed by atoms with van der Waals surface area (Å²) in [7, 11) is 0. The first-order valence-electron chi connectivity index (χ1n) is 15.1. The van der Waals surface area contributed by atoms with E-state index in [0.29, 0.717) is 19.8 Å². The molecule has 1 amide bonds. The molecule has 1 atom stereocenters. The molecule has 1 aromatic heterocycles. The normalized spacial score (nSPS) is 15.3. The Hall–Kier alpha value is -3.25. The van der Waals surface area contributed by atoms with E-state index in [0.717, 1.165) is 67.8 Å². The third-order valence-electron chi connectivity index (χ3n) is 7.79. The van der Waals surface area contributed by atoms with Crippen LogP contribution in [0, 0.1) is 6.92 Å². The summed E-state index contributed by atoms with van der Waals surface area (Å²) in [5.41, 5.74) is 6.04. The molecular weight excluding hydrogens is 534 g/mol. The van der Waals surface area contributed by atoms with Gasteiger partial charge in [-0.25, -0.2) is 9.78 Å².